The fraction of sp³-hybridized carbons (Fsp3) is 0.562. The SMILES string of the molecule is CC(C)c1nn(C)c2sc(C(=O)N3CCCC[C@@H]3C(=O)O)cc12. The van der Waals surface area contributed by atoms with E-state index in [1.165, 1.54) is 16.2 Å². The van der Waals surface area contributed by atoms with E-state index in [1.807, 2.05) is 13.1 Å². The topological polar surface area (TPSA) is 75.4 Å². The lowest BCUT2D eigenvalue weighted by Gasteiger charge is -2.32. The molecule has 0 saturated carbocycles. The number of rotatable bonds is 3. The fourth-order valence-electron chi connectivity index (χ4n) is 3.17. The molecule has 23 heavy (non-hydrogen) atoms. The minimum absolute atomic E-state index is 0.173. The zero-order valence-corrected chi connectivity index (χ0v) is 14.4. The molecule has 1 aliphatic rings. The Balaban J connectivity index is 1.97. The molecule has 3 rings (SSSR count). The van der Waals surface area contributed by atoms with Crippen LogP contribution >= 0.6 is 11.3 Å². The van der Waals surface area contributed by atoms with Crippen molar-refractivity contribution in [2.75, 3.05) is 6.54 Å². The average Bonchev–Trinajstić information content (AvgIpc) is 3.07. The summed E-state index contributed by atoms with van der Waals surface area (Å²) in [5, 5.41) is 14.9. The van der Waals surface area contributed by atoms with Gasteiger partial charge in [0.25, 0.3) is 5.91 Å². The average molecular weight is 335 g/mol. The Kier molecular flexibility index (Phi) is 4.14. The minimum Gasteiger partial charge on any atom is -0.480 e. The van der Waals surface area contributed by atoms with Gasteiger partial charge in [-0.15, -0.1) is 11.3 Å². The number of fused-ring (bicyclic) bond motifs is 1. The Morgan fingerprint density at radius 3 is 2.78 bits per heavy atom. The number of aromatic nitrogens is 2. The number of nitrogens with zero attached hydrogens (tertiary/aromatic N) is 3. The standard InChI is InChI=1S/C16H21N3O3S/c1-9(2)13-10-8-12(23-15(10)18(3)17-13)14(20)19-7-5-4-6-11(19)16(21)22/h8-9,11H,4-7H2,1-3H3,(H,21,22)/t11-/m1/s1. The zero-order chi connectivity index (χ0) is 16.7. The first-order valence-electron chi connectivity index (χ1n) is 7.90. The molecule has 0 spiro atoms. The van der Waals surface area contributed by atoms with E-state index in [0.29, 0.717) is 17.8 Å². The lowest BCUT2D eigenvalue weighted by Crippen LogP contribution is -2.47. The molecule has 1 N–H and O–H groups in total. The van der Waals surface area contributed by atoms with E-state index in [0.717, 1.165) is 28.8 Å². The molecule has 0 bridgehead atoms. The van der Waals surface area contributed by atoms with E-state index in [9.17, 15) is 14.7 Å². The van der Waals surface area contributed by atoms with Gasteiger partial charge in [0.1, 0.15) is 10.9 Å². The van der Waals surface area contributed by atoms with E-state index in [1.54, 1.807) is 4.68 Å². The van der Waals surface area contributed by atoms with E-state index in [2.05, 4.69) is 18.9 Å². The molecule has 1 fully saturated rings. The second-order valence-corrected chi connectivity index (χ2v) is 7.37. The lowest BCUT2D eigenvalue weighted by molar-refractivity contribution is -0.143. The molecule has 1 amide bonds. The fourth-order valence-corrected chi connectivity index (χ4v) is 4.21. The van der Waals surface area contributed by atoms with Crippen LogP contribution < -0.4 is 0 Å². The normalized spacial score (nSPS) is 18.8. The minimum atomic E-state index is -0.913. The third-order valence-electron chi connectivity index (χ3n) is 4.35. The van der Waals surface area contributed by atoms with Crippen molar-refractivity contribution in [3.63, 3.8) is 0 Å². The number of carboxylic acids is 1. The van der Waals surface area contributed by atoms with Crippen LogP contribution in [-0.4, -0.2) is 44.3 Å². The number of hydrogen-bond acceptors (Lipinski definition) is 4. The summed E-state index contributed by atoms with van der Waals surface area (Å²) in [7, 11) is 1.87. The molecule has 2 aromatic rings. The number of aliphatic carboxylic acids is 1. The molecule has 124 valence electrons. The number of piperidine rings is 1. The summed E-state index contributed by atoms with van der Waals surface area (Å²) >= 11 is 1.39. The molecular weight excluding hydrogens is 314 g/mol. The van der Waals surface area contributed by atoms with E-state index in [-0.39, 0.29) is 11.8 Å². The molecule has 6 nitrogen and oxygen atoms in total. The molecule has 2 aromatic heterocycles. The van der Waals surface area contributed by atoms with Crippen molar-refractivity contribution >= 4 is 33.4 Å². The maximum atomic E-state index is 12.8. The van der Waals surface area contributed by atoms with Gasteiger partial charge < -0.3 is 10.0 Å². The van der Waals surface area contributed by atoms with Gasteiger partial charge in [-0.25, -0.2) is 4.79 Å². The lowest BCUT2D eigenvalue weighted by atomic mass is 10.0. The smallest absolute Gasteiger partial charge is 0.326 e. The van der Waals surface area contributed by atoms with Crippen LogP contribution in [0.5, 0.6) is 0 Å². The van der Waals surface area contributed by atoms with Crippen LogP contribution in [0.25, 0.3) is 10.2 Å². The number of amides is 1. The van der Waals surface area contributed by atoms with Crippen molar-refractivity contribution in [3.05, 3.63) is 16.6 Å². The number of carbonyl (C=O) groups excluding carboxylic acids is 1. The predicted molar refractivity (Wildman–Crippen MR) is 89.0 cm³/mol. The molecule has 7 heteroatoms. The summed E-state index contributed by atoms with van der Waals surface area (Å²) in [6.07, 6.45) is 2.25. The van der Waals surface area contributed by atoms with Crippen LogP contribution in [0.2, 0.25) is 0 Å². The molecule has 0 aliphatic carbocycles. The number of carbonyl (C=O) groups is 2. The Morgan fingerprint density at radius 1 is 1.39 bits per heavy atom. The molecule has 1 aliphatic heterocycles. The summed E-state index contributed by atoms with van der Waals surface area (Å²) < 4.78 is 1.80. The second kappa shape index (κ2) is 5.96. The van der Waals surface area contributed by atoms with Crippen molar-refractivity contribution in [3.8, 4) is 0 Å². The Bertz CT molecular complexity index is 762. The van der Waals surface area contributed by atoms with Crippen LogP contribution in [0.15, 0.2) is 6.07 Å². The van der Waals surface area contributed by atoms with Crippen molar-refractivity contribution in [1.82, 2.24) is 14.7 Å². The van der Waals surface area contributed by atoms with Gasteiger partial charge in [0, 0.05) is 19.0 Å². The quantitative estimate of drug-likeness (QED) is 0.936. The highest BCUT2D eigenvalue weighted by atomic mass is 32.1. The summed E-state index contributed by atoms with van der Waals surface area (Å²) in [4.78, 5) is 27.3. The number of aryl methyl sites for hydroxylation is 1. The number of thiophene rings is 1. The van der Waals surface area contributed by atoms with Crippen molar-refractivity contribution < 1.29 is 14.7 Å². The highest BCUT2D eigenvalue weighted by Gasteiger charge is 2.33. The molecule has 3 heterocycles. The second-order valence-electron chi connectivity index (χ2n) is 6.34. The maximum Gasteiger partial charge on any atom is 0.326 e. The van der Waals surface area contributed by atoms with Gasteiger partial charge in [-0.2, -0.15) is 5.10 Å². The van der Waals surface area contributed by atoms with E-state index < -0.39 is 12.0 Å². The number of hydrogen-bond donors (Lipinski definition) is 1. The third-order valence-corrected chi connectivity index (χ3v) is 5.54. The highest BCUT2D eigenvalue weighted by Crippen LogP contribution is 2.33. The first kappa shape index (κ1) is 16.0. The zero-order valence-electron chi connectivity index (χ0n) is 13.6. The van der Waals surface area contributed by atoms with Gasteiger partial charge in [-0.3, -0.25) is 9.48 Å². The van der Waals surface area contributed by atoms with Crippen molar-refractivity contribution in [2.45, 2.75) is 45.1 Å². The molecular formula is C16H21N3O3S. The highest BCUT2D eigenvalue weighted by molar-refractivity contribution is 7.20. The predicted octanol–water partition coefficient (Wildman–Crippen LogP) is 2.84. The van der Waals surface area contributed by atoms with Crippen LogP contribution in [0.1, 0.15) is 54.4 Å². The van der Waals surface area contributed by atoms with Crippen LogP contribution in [-0.2, 0) is 11.8 Å². The van der Waals surface area contributed by atoms with E-state index in [4.69, 9.17) is 0 Å². The molecule has 0 radical (unpaired) electrons. The first-order chi connectivity index (χ1) is 10.9. The van der Waals surface area contributed by atoms with E-state index >= 15 is 0 Å². The van der Waals surface area contributed by atoms with Gasteiger partial charge in [0.15, 0.2) is 0 Å². The molecule has 1 saturated heterocycles. The molecule has 0 aromatic carbocycles. The number of carboxylic acid groups (broad SMARTS) is 1. The summed E-state index contributed by atoms with van der Waals surface area (Å²) in [6.45, 7) is 4.66. The summed E-state index contributed by atoms with van der Waals surface area (Å²) in [5.74, 6) is -0.810. The first-order valence-corrected chi connectivity index (χ1v) is 8.72. The van der Waals surface area contributed by atoms with Crippen LogP contribution in [0.3, 0.4) is 0 Å². The Morgan fingerprint density at radius 2 is 2.13 bits per heavy atom. The summed E-state index contributed by atoms with van der Waals surface area (Å²) in [6, 6.07) is 1.17. The molecule has 1 atom stereocenters. The Labute approximate surface area is 138 Å². The van der Waals surface area contributed by atoms with Gasteiger partial charge in [-0.1, -0.05) is 13.8 Å². The van der Waals surface area contributed by atoms with Crippen molar-refractivity contribution in [1.29, 1.82) is 0 Å². The largest absolute Gasteiger partial charge is 0.480 e. The van der Waals surface area contributed by atoms with Crippen LogP contribution in [0.4, 0.5) is 0 Å². The summed E-state index contributed by atoms with van der Waals surface area (Å²) in [5.41, 5.74) is 0.978. The third kappa shape index (κ3) is 2.73. The molecule has 0 unspecified atom stereocenters. The van der Waals surface area contributed by atoms with Gasteiger partial charge >= 0.3 is 5.97 Å². The van der Waals surface area contributed by atoms with Gasteiger partial charge in [-0.05, 0) is 31.2 Å². The number of likely N-dealkylation sites (tertiary alicyclic amines) is 1. The Hall–Kier alpha value is -1.89. The maximum absolute atomic E-state index is 12.8. The van der Waals surface area contributed by atoms with Crippen molar-refractivity contribution in [2.24, 2.45) is 7.05 Å². The van der Waals surface area contributed by atoms with Gasteiger partial charge in [0.05, 0.1) is 10.6 Å². The monoisotopic (exact) mass is 335 g/mol. The van der Waals surface area contributed by atoms with Crippen LogP contribution in [0, 0.1) is 0 Å². The van der Waals surface area contributed by atoms with Gasteiger partial charge in [0.2, 0.25) is 0 Å².